The average molecular weight is 532 g/mol. The average Bonchev–Trinajstić information content (AvgIpc) is 3.17. The van der Waals surface area contributed by atoms with Crippen LogP contribution >= 0.6 is 34.8 Å². The quantitative estimate of drug-likeness (QED) is 0.317. The Kier molecular flexibility index (Phi) is 7.27. The van der Waals surface area contributed by atoms with Crippen LogP contribution in [0.4, 0.5) is 0 Å². The van der Waals surface area contributed by atoms with Gasteiger partial charge in [0.15, 0.2) is 0 Å². The number of halogens is 3. The van der Waals surface area contributed by atoms with Gasteiger partial charge in [-0.05, 0) is 35.9 Å². The van der Waals surface area contributed by atoms with Gasteiger partial charge in [-0.25, -0.2) is 17.8 Å². The number of sulfonamides is 1. The first-order valence-electron chi connectivity index (χ1n) is 10.0. The molecule has 0 aliphatic carbocycles. The highest BCUT2D eigenvalue weighted by Gasteiger charge is 2.23. The summed E-state index contributed by atoms with van der Waals surface area (Å²) in [6, 6.07) is 22.8. The van der Waals surface area contributed by atoms with Crippen molar-refractivity contribution in [2.45, 2.75) is 12.3 Å². The number of hydrogen-bond acceptors (Lipinski definition) is 4. The largest absolute Gasteiger partial charge is 0.230 e. The van der Waals surface area contributed by atoms with Crippen LogP contribution in [0.2, 0.25) is 15.1 Å². The molecule has 0 aliphatic rings. The van der Waals surface area contributed by atoms with Crippen LogP contribution in [0.3, 0.4) is 0 Å². The molecule has 4 aromatic rings. The fourth-order valence-corrected chi connectivity index (χ4v) is 5.13. The minimum absolute atomic E-state index is 0.170. The van der Waals surface area contributed by atoms with Crippen molar-refractivity contribution in [3.05, 3.63) is 105 Å². The number of aromatic nitrogens is 2. The van der Waals surface area contributed by atoms with Gasteiger partial charge in [0.25, 0.3) is 0 Å². The zero-order valence-electron chi connectivity index (χ0n) is 17.5. The van der Waals surface area contributed by atoms with Crippen molar-refractivity contribution in [3.63, 3.8) is 0 Å². The summed E-state index contributed by atoms with van der Waals surface area (Å²) >= 11 is 18.5. The highest BCUT2D eigenvalue weighted by Crippen LogP contribution is 2.33. The van der Waals surface area contributed by atoms with Gasteiger partial charge in [-0.3, -0.25) is 0 Å². The van der Waals surface area contributed by atoms with E-state index < -0.39 is 10.0 Å². The van der Waals surface area contributed by atoms with Crippen molar-refractivity contribution in [1.29, 1.82) is 5.26 Å². The second-order valence-electron chi connectivity index (χ2n) is 7.36. The molecule has 0 saturated carbocycles. The molecule has 0 radical (unpaired) electrons. The fourth-order valence-electron chi connectivity index (χ4n) is 3.43. The van der Waals surface area contributed by atoms with Gasteiger partial charge in [0.1, 0.15) is 11.6 Å². The van der Waals surface area contributed by atoms with Gasteiger partial charge in [-0.1, -0.05) is 77.3 Å². The van der Waals surface area contributed by atoms with E-state index in [-0.39, 0.29) is 23.6 Å². The Morgan fingerprint density at radius 1 is 0.941 bits per heavy atom. The molecule has 6 nitrogen and oxygen atoms in total. The number of rotatable bonds is 7. The zero-order valence-corrected chi connectivity index (χ0v) is 20.6. The molecule has 4 rings (SSSR count). The van der Waals surface area contributed by atoms with E-state index in [9.17, 15) is 13.7 Å². The Labute approximate surface area is 212 Å². The molecule has 1 N–H and O–H groups in total. The lowest BCUT2D eigenvalue weighted by atomic mass is 10.1. The van der Waals surface area contributed by atoms with Gasteiger partial charge >= 0.3 is 0 Å². The smallest absolute Gasteiger partial charge is 0.216 e. The first-order valence-corrected chi connectivity index (χ1v) is 12.8. The lowest BCUT2D eigenvalue weighted by molar-refractivity contribution is 0.579. The van der Waals surface area contributed by atoms with Crippen LogP contribution < -0.4 is 4.72 Å². The van der Waals surface area contributed by atoms with Crippen LogP contribution in [0.25, 0.3) is 16.9 Å². The summed E-state index contributed by atoms with van der Waals surface area (Å²) < 4.78 is 29.4. The molecule has 1 aromatic heterocycles. The number of nitrogens with one attached hydrogen (secondary N) is 1. The van der Waals surface area contributed by atoms with Gasteiger partial charge in [0.2, 0.25) is 10.0 Å². The normalized spacial score (nSPS) is 11.4. The molecule has 1 heterocycles. The monoisotopic (exact) mass is 530 g/mol. The first-order chi connectivity index (χ1) is 16.3. The van der Waals surface area contributed by atoms with Gasteiger partial charge in [-0.15, -0.1) is 0 Å². The number of nitriles is 1. The fraction of sp³-hybridized carbons (Fsp3) is 0.0833. The predicted molar refractivity (Wildman–Crippen MR) is 135 cm³/mol. The van der Waals surface area contributed by atoms with E-state index in [0.29, 0.717) is 37.6 Å². The Balaban J connectivity index is 1.76. The molecule has 0 amide bonds. The van der Waals surface area contributed by atoms with Gasteiger partial charge in [0.05, 0.1) is 34.4 Å². The molecule has 0 bridgehead atoms. The van der Waals surface area contributed by atoms with E-state index in [1.807, 2.05) is 6.07 Å². The minimum atomic E-state index is -3.68. The zero-order chi connectivity index (χ0) is 24.3. The van der Waals surface area contributed by atoms with E-state index >= 15 is 0 Å². The molecular weight excluding hydrogens is 515 g/mol. The van der Waals surface area contributed by atoms with E-state index in [2.05, 4.69) is 15.9 Å². The predicted octanol–water partition coefficient (Wildman–Crippen LogP) is 5.99. The van der Waals surface area contributed by atoms with Crippen molar-refractivity contribution in [1.82, 2.24) is 14.5 Å². The maximum atomic E-state index is 12.7. The molecule has 3 aromatic carbocycles. The van der Waals surface area contributed by atoms with Crippen LogP contribution in [0.5, 0.6) is 0 Å². The summed E-state index contributed by atoms with van der Waals surface area (Å²) in [5.41, 5.74) is 2.74. The Bertz CT molecular complexity index is 1480. The molecule has 0 spiro atoms. The summed E-state index contributed by atoms with van der Waals surface area (Å²) in [7, 11) is -3.68. The Morgan fingerprint density at radius 2 is 1.62 bits per heavy atom. The number of benzene rings is 3. The summed E-state index contributed by atoms with van der Waals surface area (Å²) in [6.07, 6.45) is 0. The van der Waals surface area contributed by atoms with E-state index in [4.69, 9.17) is 34.8 Å². The molecule has 0 atom stereocenters. The van der Waals surface area contributed by atoms with Gasteiger partial charge in [0, 0.05) is 15.6 Å². The van der Waals surface area contributed by atoms with E-state index in [1.54, 1.807) is 66.7 Å². The van der Waals surface area contributed by atoms with E-state index in [1.165, 1.54) is 4.68 Å². The first kappa shape index (κ1) is 24.3. The Hall–Kier alpha value is -2.86. The van der Waals surface area contributed by atoms with Gasteiger partial charge in [-0.2, -0.15) is 10.4 Å². The van der Waals surface area contributed by atoms with Gasteiger partial charge < -0.3 is 0 Å². The molecule has 34 heavy (non-hydrogen) atoms. The third-order valence-electron chi connectivity index (χ3n) is 4.98. The standard InChI is InChI=1S/C24H17Cl3N4O2S/c25-18-8-6-17(7-9-18)24-20(13-28)22(30-31(24)23-11-10-19(26)12-21(23)27)14-29-34(32,33)15-16-4-2-1-3-5-16/h1-12,29H,14-15H2. The van der Waals surface area contributed by atoms with Crippen LogP contribution in [-0.4, -0.2) is 18.2 Å². The SMILES string of the molecule is N#Cc1c(CNS(=O)(=O)Cc2ccccc2)nn(-c2ccc(Cl)cc2Cl)c1-c1ccc(Cl)cc1. The number of nitrogens with zero attached hydrogens (tertiary/aromatic N) is 3. The van der Waals surface area contributed by atoms with Crippen LogP contribution in [0, 0.1) is 11.3 Å². The second-order valence-corrected chi connectivity index (χ2v) is 10.4. The second kappa shape index (κ2) is 10.2. The maximum Gasteiger partial charge on any atom is 0.216 e. The lowest BCUT2D eigenvalue weighted by Gasteiger charge is -2.10. The molecule has 0 aliphatic heterocycles. The van der Waals surface area contributed by atoms with Crippen LogP contribution in [0.15, 0.2) is 72.8 Å². The lowest BCUT2D eigenvalue weighted by Crippen LogP contribution is -2.25. The third kappa shape index (κ3) is 5.44. The van der Waals surface area contributed by atoms with Crippen molar-refractivity contribution in [3.8, 4) is 23.0 Å². The maximum absolute atomic E-state index is 12.7. The van der Waals surface area contributed by atoms with Crippen molar-refractivity contribution >= 4 is 44.8 Å². The highest BCUT2D eigenvalue weighted by atomic mass is 35.5. The van der Waals surface area contributed by atoms with Crippen molar-refractivity contribution < 1.29 is 8.42 Å². The van der Waals surface area contributed by atoms with E-state index in [0.717, 1.165) is 0 Å². The van der Waals surface area contributed by atoms with Crippen molar-refractivity contribution in [2.75, 3.05) is 0 Å². The summed E-state index contributed by atoms with van der Waals surface area (Å²) in [6.45, 7) is -0.170. The third-order valence-corrected chi connectivity index (χ3v) is 7.07. The summed E-state index contributed by atoms with van der Waals surface area (Å²) in [5.74, 6) is -0.191. The molecule has 10 heteroatoms. The van der Waals surface area contributed by atoms with Crippen LogP contribution in [-0.2, 0) is 22.3 Å². The Morgan fingerprint density at radius 3 is 2.26 bits per heavy atom. The summed E-state index contributed by atoms with van der Waals surface area (Å²) in [5, 5.41) is 15.9. The number of hydrogen-bond donors (Lipinski definition) is 1. The molecule has 0 unspecified atom stereocenters. The molecular formula is C24H17Cl3N4O2S. The molecule has 172 valence electrons. The highest BCUT2D eigenvalue weighted by molar-refractivity contribution is 7.88. The molecule has 0 fully saturated rings. The van der Waals surface area contributed by atoms with Crippen LogP contribution in [0.1, 0.15) is 16.8 Å². The minimum Gasteiger partial charge on any atom is -0.230 e. The molecule has 0 saturated heterocycles. The summed E-state index contributed by atoms with van der Waals surface area (Å²) in [4.78, 5) is 0. The topological polar surface area (TPSA) is 87.8 Å². The van der Waals surface area contributed by atoms with Crippen molar-refractivity contribution in [2.24, 2.45) is 0 Å².